The molecule has 108 valence electrons. The largest absolute Gasteiger partial charge is 0.348 e. The number of amides is 1. The van der Waals surface area contributed by atoms with E-state index in [9.17, 15) is 14.9 Å². The SMILES string of the molecule is Cc1ccc(CNC(=O)c2ccc(Br)c([N+](=O)[O-])c2)cn1. The highest BCUT2D eigenvalue weighted by atomic mass is 79.9. The number of hydrogen-bond donors (Lipinski definition) is 1. The van der Waals surface area contributed by atoms with Crippen molar-refractivity contribution in [2.45, 2.75) is 13.5 Å². The number of halogens is 1. The number of carbonyl (C=O) groups excluding carboxylic acids is 1. The topological polar surface area (TPSA) is 85.1 Å². The molecular weight excluding hydrogens is 338 g/mol. The van der Waals surface area contributed by atoms with E-state index in [1.165, 1.54) is 18.2 Å². The van der Waals surface area contributed by atoms with Crippen LogP contribution in [0.5, 0.6) is 0 Å². The van der Waals surface area contributed by atoms with Crippen molar-refractivity contribution in [1.29, 1.82) is 0 Å². The van der Waals surface area contributed by atoms with Gasteiger partial charge in [-0.1, -0.05) is 6.07 Å². The molecule has 0 bridgehead atoms. The Balaban J connectivity index is 2.08. The maximum atomic E-state index is 12.0. The highest BCUT2D eigenvalue weighted by molar-refractivity contribution is 9.10. The molecule has 0 atom stereocenters. The van der Waals surface area contributed by atoms with Crippen LogP contribution in [-0.2, 0) is 6.54 Å². The summed E-state index contributed by atoms with van der Waals surface area (Å²) in [6.45, 7) is 2.19. The van der Waals surface area contributed by atoms with Crippen LogP contribution in [0.25, 0.3) is 0 Å². The predicted molar refractivity (Wildman–Crippen MR) is 80.9 cm³/mol. The second-order valence-electron chi connectivity index (χ2n) is 4.41. The van der Waals surface area contributed by atoms with Crippen molar-refractivity contribution in [2.75, 3.05) is 0 Å². The summed E-state index contributed by atoms with van der Waals surface area (Å²) in [7, 11) is 0. The maximum absolute atomic E-state index is 12.0. The first kappa shape index (κ1) is 15.1. The molecule has 0 saturated carbocycles. The summed E-state index contributed by atoms with van der Waals surface area (Å²) in [5.74, 6) is -0.369. The molecule has 1 heterocycles. The lowest BCUT2D eigenvalue weighted by Crippen LogP contribution is -2.22. The third-order valence-electron chi connectivity index (χ3n) is 2.83. The van der Waals surface area contributed by atoms with Crippen LogP contribution in [0, 0.1) is 17.0 Å². The quantitative estimate of drug-likeness (QED) is 0.679. The predicted octanol–water partition coefficient (Wildman–Crippen LogP) is 2.99. The molecule has 1 aromatic heterocycles. The number of aryl methyl sites for hydroxylation is 1. The molecule has 0 aliphatic carbocycles. The van der Waals surface area contributed by atoms with Crippen LogP contribution in [0.4, 0.5) is 5.69 Å². The van der Waals surface area contributed by atoms with E-state index in [4.69, 9.17) is 0 Å². The smallest absolute Gasteiger partial charge is 0.284 e. The summed E-state index contributed by atoms with van der Waals surface area (Å²) in [6, 6.07) is 7.98. The van der Waals surface area contributed by atoms with Gasteiger partial charge >= 0.3 is 0 Å². The van der Waals surface area contributed by atoms with E-state index in [0.717, 1.165) is 11.3 Å². The van der Waals surface area contributed by atoms with Gasteiger partial charge in [0.15, 0.2) is 0 Å². The molecule has 0 spiro atoms. The Morgan fingerprint density at radius 2 is 2.14 bits per heavy atom. The van der Waals surface area contributed by atoms with Crippen LogP contribution in [0.15, 0.2) is 41.0 Å². The lowest BCUT2D eigenvalue weighted by molar-refractivity contribution is -0.385. The van der Waals surface area contributed by atoms with Gasteiger partial charge in [-0.2, -0.15) is 0 Å². The lowest BCUT2D eigenvalue weighted by atomic mass is 10.2. The summed E-state index contributed by atoms with van der Waals surface area (Å²) in [6.07, 6.45) is 1.68. The molecule has 0 radical (unpaired) electrons. The monoisotopic (exact) mass is 349 g/mol. The molecule has 21 heavy (non-hydrogen) atoms. The maximum Gasteiger partial charge on any atom is 0.284 e. The van der Waals surface area contributed by atoms with Gasteiger partial charge in [-0.25, -0.2) is 0 Å². The second-order valence-corrected chi connectivity index (χ2v) is 5.27. The zero-order chi connectivity index (χ0) is 15.4. The van der Waals surface area contributed by atoms with Gasteiger partial charge in [0.1, 0.15) is 0 Å². The first-order chi connectivity index (χ1) is 9.97. The number of rotatable bonds is 4. The zero-order valence-corrected chi connectivity index (χ0v) is 12.8. The third kappa shape index (κ3) is 3.85. The van der Waals surface area contributed by atoms with Crippen molar-refractivity contribution in [3.8, 4) is 0 Å². The fourth-order valence-corrected chi connectivity index (χ4v) is 2.07. The third-order valence-corrected chi connectivity index (χ3v) is 3.50. The van der Waals surface area contributed by atoms with Crippen LogP contribution < -0.4 is 5.32 Å². The summed E-state index contributed by atoms with van der Waals surface area (Å²) in [5.41, 5.74) is 1.86. The van der Waals surface area contributed by atoms with E-state index < -0.39 is 4.92 Å². The zero-order valence-electron chi connectivity index (χ0n) is 11.2. The minimum Gasteiger partial charge on any atom is -0.348 e. The minimum absolute atomic E-state index is 0.139. The van der Waals surface area contributed by atoms with Crippen LogP contribution in [0.2, 0.25) is 0 Å². The first-order valence-corrected chi connectivity index (χ1v) is 6.90. The van der Waals surface area contributed by atoms with Gasteiger partial charge in [0.05, 0.1) is 9.40 Å². The fourth-order valence-electron chi connectivity index (χ4n) is 1.68. The van der Waals surface area contributed by atoms with Crippen molar-refractivity contribution in [3.05, 3.63) is 67.9 Å². The van der Waals surface area contributed by atoms with E-state index in [1.54, 1.807) is 6.20 Å². The lowest BCUT2D eigenvalue weighted by Gasteiger charge is -2.06. The fraction of sp³-hybridized carbons (Fsp3) is 0.143. The standard InChI is InChI=1S/C14H12BrN3O3/c1-9-2-3-10(7-16-9)8-17-14(19)11-4-5-12(15)13(6-11)18(20)21/h2-7H,8H2,1H3,(H,17,19). The highest BCUT2D eigenvalue weighted by Gasteiger charge is 2.15. The number of nitrogens with zero attached hydrogens (tertiary/aromatic N) is 2. The van der Waals surface area contributed by atoms with Crippen molar-refractivity contribution in [3.63, 3.8) is 0 Å². The summed E-state index contributed by atoms with van der Waals surface area (Å²) >= 11 is 3.08. The first-order valence-electron chi connectivity index (χ1n) is 6.11. The number of aromatic nitrogens is 1. The van der Waals surface area contributed by atoms with Crippen LogP contribution in [0.3, 0.4) is 0 Å². The number of carbonyl (C=O) groups is 1. The van der Waals surface area contributed by atoms with Gasteiger partial charge in [-0.05, 0) is 46.6 Å². The number of nitro benzene ring substituents is 1. The van der Waals surface area contributed by atoms with Gasteiger partial charge in [-0.15, -0.1) is 0 Å². The van der Waals surface area contributed by atoms with E-state index >= 15 is 0 Å². The average Bonchev–Trinajstić information content (AvgIpc) is 2.46. The van der Waals surface area contributed by atoms with Crippen molar-refractivity contribution in [2.24, 2.45) is 0 Å². The molecule has 2 rings (SSSR count). The van der Waals surface area contributed by atoms with E-state index in [2.05, 4.69) is 26.2 Å². The molecule has 0 aliphatic rings. The van der Waals surface area contributed by atoms with Gasteiger partial charge < -0.3 is 5.32 Å². The van der Waals surface area contributed by atoms with Gasteiger partial charge in [0.2, 0.25) is 0 Å². The van der Waals surface area contributed by atoms with Crippen LogP contribution in [0.1, 0.15) is 21.6 Å². The Hall–Kier alpha value is -2.28. The van der Waals surface area contributed by atoms with Crippen LogP contribution in [-0.4, -0.2) is 15.8 Å². The molecule has 1 amide bonds. The Labute approximate surface area is 129 Å². The van der Waals surface area contributed by atoms with Crippen molar-refractivity contribution in [1.82, 2.24) is 10.3 Å². The molecule has 0 fully saturated rings. The number of pyridine rings is 1. The second kappa shape index (κ2) is 6.45. The molecule has 1 aromatic carbocycles. The Morgan fingerprint density at radius 1 is 1.38 bits per heavy atom. The van der Waals surface area contributed by atoms with E-state index in [1.807, 2.05) is 19.1 Å². The molecule has 7 heteroatoms. The highest BCUT2D eigenvalue weighted by Crippen LogP contribution is 2.25. The number of hydrogen-bond acceptors (Lipinski definition) is 4. The molecule has 1 N–H and O–H groups in total. The van der Waals surface area contributed by atoms with Crippen LogP contribution >= 0.6 is 15.9 Å². The molecule has 0 aliphatic heterocycles. The summed E-state index contributed by atoms with van der Waals surface area (Å²) < 4.78 is 0.340. The Morgan fingerprint density at radius 3 is 2.76 bits per heavy atom. The number of nitro groups is 1. The van der Waals surface area contributed by atoms with Gasteiger partial charge in [0.25, 0.3) is 11.6 Å². The number of nitrogens with one attached hydrogen (secondary N) is 1. The minimum atomic E-state index is -0.537. The number of benzene rings is 1. The normalized spacial score (nSPS) is 10.2. The average molecular weight is 350 g/mol. The van der Waals surface area contributed by atoms with E-state index in [0.29, 0.717) is 11.0 Å². The molecule has 2 aromatic rings. The van der Waals surface area contributed by atoms with E-state index in [-0.39, 0.29) is 17.2 Å². The Kier molecular flexibility index (Phi) is 4.64. The molecule has 0 unspecified atom stereocenters. The Bertz CT molecular complexity index is 686. The molecule has 6 nitrogen and oxygen atoms in total. The van der Waals surface area contributed by atoms with Crippen molar-refractivity contribution >= 4 is 27.5 Å². The summed E-state index contributed by atoms with van der Waals surface area (Å²) in [5, 5.41) is 13.5. The van der Waals surface area contributed by atoms with Gasteiger partial charge in [0, 0.05) is 30.1 Å². The molecular formula is C14H12BrN3O3. The molecule has 0 saturated heterocycles. The van der Waals surface area contributed by atoms with Crippen molar-refractivity contribution < 1.29 is 9.72 Å². The van der Waals surface area contributed by atoms with Gasteiger partial charge in [-0.3, -0.25) is 19.9 Å². The summed E-state index contributed by atoms with van der Waals surface area (Å²) in [4.78, 5) is 26.4.